The monoisotopic (exact) mass is 765 g/mol. The summed E-state index contributed by atoms with van der Waals surface area (Å²) in [5, 5.41) is 4.59. The van der Waals surface area contributed by atoms with E-state index in [9.17, 15) is 0 Å². The van der Waals surface area contributed by atoms with Crippen molar-refractivity contribution in [3.8, 4) is 55.6 Å². The lowest BCUT2D eigenvalue weighted by Gasteiger charge is -2.30. The van der Waals surface area contributed by atoms with E-state index in [-0.39, 0.29) is 0 Å². The summed E-state index contributed by atoms with van der Waals surface area (Å²) in [4.78, 5) is 2.42. The number of rotatable bonds is 8. The van der Waals surface area contributed by atoms with Crippen LogP contribution in [0.5, 0.6) is 0 Å². The largest absolute Gasteiger partial charge is 0.456 e. The molecule has 60 heavy (non-hydrogen) atoms. The molecule has 11 aromatic rings. The summed E-state index contributed by atoms with van der Waals surface area (Å²) in [6, 6.07) is 84.8. The Morgan fingerprint density at radius 3 is 1.48 bits per heavy atom. The highest BCUT2D eigenvalue weighted by molar-refractivity contribution is 6.16. The normalized spacial score (nSPS) is 11.3. The van der Waals surface area contributed by atoms with Crippen molar-refractivity contribution in [1.29, 1.82) is 0 Å². The number of nitrogens with zero attached hydrogens (tertiary/aromatic N) is 1. The zero-order chi connectivity index (χ0) is 39.8. The molecule has 2 heteroatoms. The predicted molar refractivity (Wildman–Crippen MR) is 253 cm³/mol. The van der Waals surface area contributed by atoms with Crippen LogP contribution in [0.1, 0.15) is 0 Å². The first-order valence-electron chi connectivity index (χ1n) is 20.5. The molecule has 0 aliphatic carbocycles. The predicted octanol–water partition coefficient (Wildman–Crippen LogP) is 16.5. The lowest BCUT2D eigenvalue weighted by molar-refractivity contribution is 0.669. The molecule has 1 heterocycles. The summed E-state index contributed by atoms with van der Waals surface area (Å²) in [7, 11) is 0. The fourth-order valence-corrected chi connectivity index (χ4v) is 8.82. The summed E-state index contributed by atoms with van der Waals surface area (Å²) >= 11 is 0. The lowest BCUT2D eigenvalue weighted by Crippen LogP contribution is -2.12. The Morgan fingerprint density at radius 2 is 0.800 bits per heavy atom. The average molecular weight is 766 g/mol. The van der Waals surface area contributed by atoms with Gasteiger partial charge in [0.25, 0.3) is 0 Å². The number of hydrogen-bond acceptors (Lipinski definition) is 2. The van der Waals surface area contributed by atoms with Gasteiger partial charge in [-0.05, 0) is 104 Å². The second kappa shape index (κ2) is 15.1. The van der Waals surface area contributed by atoms with Crippen LogP contribution in [-0.4, -0.2) is 0 Å². The van der Waals surface area contributed by atoms with Crippen LogP contribution in [0.3, 0.4) is 0 Å². The van der Waals surface area contributed by atoms with Crippen LogP contribution in [-0.2, 0) is 0 Å². The topological polar surface area (TPSA) is 16.4 Å². The third kappa shape index (κ3) is 6.32. The van der Waals surface area contributed by atoms with Gasteiger partial charge < -0.3 is 9.32 Å². The van der Waals surface area contributed by atoms with E-state index in [1.54, 1.807) is 0 Å². The van der Waals surface area contributed by atoms with Crippen molar-refractivity contribution in [2.75, 3.05) is 4.90 Å². The second-order valence-electron chi connectivity index (χ2n) is 15.3. The second-order valence-corrected chi connectivity index (χ2v) is 15.3. The van der Waals surface area contributed by atoms with E-state index in [1.807, 2.05) is 0 Å². The van der Waals surface area contributed by atoms with Crippen molar-refractivity contribution in [1.82, 2.24) is 0 Å². The first-order chi connectivity index (χ1) is 29.8. The van der Waals surface area contributed by atoms with E-state index in [1.165, 1.54) is 38.6 Å². The van der Waals surface area contributed by atoms with E-state index in [0.717, 1.165) is 66.8 Å². The summed E-state index contributed by atoms with van der Waals surface area (Å²) in [6.07, 6.45) is 0. The Labute approximate surface area is 349 Å². The highest BCUT2D eigenvalue weighted by atomic mass is 16.3. The van der Waals surface area contributed by atoms with Gasteiger partial charge >= 0.3 is 0 Å². The third-order valence-corrected chi connectivity index (χ3v) is 11.7. The Hall–Kier alpha value is -7.94. The maximum Gasteiger partial charge on any atom is 0.136 e. The van der Waals surface area contributed by atoms with Gasteiger partial charge in [-0.3, -0.25) is 0 Å². The van der Waals surface area contributed by atoms with Crippen LogP contribution in [0, 0.1) is 0 Å². The Balaban J connectivity index is 1.09. The summed E-state index contributed by atoms with van der Waals surface area (Å²) < 4.78 is 6.58. The molecule has 0 aliphatic rings. The summed E-state index contributed by atoms with van der Waals surface area (Å²) in [5.41, 5.74) is 16.7. The number of para-hydroxylation sites is 2. The van der Waals surface area contributed by atoms with Crippen molar-refractivity contribution in [3.05, 3.63) is 237 Å². The van der Waals surface area contributed by atoms with Crippen LogP contribution in [0.4, 0.5) is 17.1 Å². The van der Waals surface area contributed by atoms with E-state index in [4.69, 9.17) is 4.42 Å². The molecular formula is C58H39NO. The molecule has 11 rings (SSSR count). The average Bonchev–Trinajstić information content (AvgIpc) is 3.70. The lowest BCUT2D eigenvalue weighted by atomic mass is 9.91. The molecule has 0 saturated heterocycles. The molecule has 0 atom stereocenters. The fraction of sp³-hybridized carbons (Fsp3) is 0. The molecule has 0 saturated carbocycles. The fourth-order valence-electron chi connectivity index (χ4n) is 8.82. The van der Waals surface area contributed by atoms with Gasteiger partial charge in [0.15, 0.2) is 0 Å². The van der Waals surface area contributed by atoms with Crippen LogP contribution >= 0.6 is 0 Å². The molecule has 0 fully saturated rings. The van der Waals surface area contributed by atoms with Crippen molar-refractivity contribution >= 4 is 49.8 Å². The standard InChI is InChI=1S/C58H39NO/c1-4-17-41(18-5-1)48-36-33-46(37-52(48)43-21-8-3-9-22-43)40-31-34-47(35-32-40)59(54-28-14-12-25-49(54)42-19-6-2-7-20-42)55-29-15-13-26-50(55)51-27-16-30-56-58(51)53-38-44-23-10-11-24-45(44)39-57(53)60-56/h1-39H. The Bertz CT molecular complexity index is 3290. The number of anilines is 3. The Kier molecular flexibility index (Phi) is 8.87. The minimum absolute atomic E-state index is 0.876. The van der Waals surface area contributed by atoms with Crippen LogP contribution in [0.25, 0.3) is 88.3 Å². The van der Waals surface area contributed by atoms with Gasteiger partial charge in [-0.25, -0.2) is 0 Å². The number of benzene rings is 10. The number of fused-ring (bicyclic) bond motifs is 4. The van der Waals surface area contributed by atoms with Gasteiger partial charge in [-0.15, -0.1) is 0 Å². The van der Waals surface area contributed by atoms with Crippen LogP contribution < -0.4 is 4.90 Å². The maximum atomic E-state index is 6.58. The molecule has 0 unspecified atom stereocenters. The Morgan fingerprint density at radius 1 is 0.283 bits per heavy atom. The highest BCUT2D eigenvalue weighted by Gasteiger charge is 2.23. The van der Waals surface area contributed by atoms with Crippen molar-refractivity contribution in [3.63, 3.8) is 0 Å². The van der Waals surface area contributed by atoms with Gasteiger partial charge in [0.2, 0.25) is 0 Å². The molecule has 2 nitrogen and oxygen atoms in total. The number of hydrogen-bond donors (Lipinski definition) is 0. The SMILES string of the molecule is c1ccc(-c2ccc(-c3ccc(N(c4ccccc4-c4ccccc4)c4ccccc4-c4cccc5oc6cc7ccccc7cc6c45)cc3)cc2-c2ccccc2)cc1. The zero-order valence-corrected chi connectivity index (χ0v) is 32.9. The molecule has 0 radical (unpaired) electrons. The minimum Gasteiger partial charge on any atom is -0.456 e. The molecule has 0 amide bonds. The quantitative estimate of drug-likeness (QED) is 0.153. The van der Waals surface area contributed by atoms with Gasteiger partial charge in [-0.2, -0.15) is 0 Å². The first kappa shape index (κ1) is 35.2. The first-order valence-corrected chi connectivity index (χ1v) is 20.5. The van der Waals surface area contributed by atoms with Gasteiger partial charge in [0.05, 0.1) is 11.4 Å². The maximum absolute atomic E-state index is 6.58. The van der Waals surface area contributed by atoms with Crippen molar-refractivity contribution < 1.29 is 4.42 Å². The van der Waals surface area contributed by atoms with Gasteiger partial charge in [-0.1, -0.05) is 188 Å². The molecule has 0 aliphatic heterocycles. The minimum atomic E-state index is 0.876. The van der Waals surface area contributed by atoms with Crippen molar-refractivity contribution in [2.24, 2.45) is 0 Å². The van der Waals surface area contributed by atoms with Crippen LogP contribution in [0.15, 0.2) is 241 Å². The van der Waals surface area contributed by atoms with Gasteiger partial charge in [0.1, 0.15) is 11.2 Å². The summed E-state index contributed by atoms with van der Waals surface area (Å²) in [6.45, 7) is 0. The summed E-state index contributed by atoms with van der Waals surface area (Å²) in [5.74, 6) is 0. The molecule has 0 N–H and O–H groups in total. The zero-order valence-electron chi connectivity index (χ0n) is 32.9. The molecule has 0 bridgehead atoms. The van der Waals surface area contributed by atoms with E-state index in [2.05, 4.69) is 241 Å². The van der Waals surface area contributed by atoms with Gasteiger partial charge in [0, 0.05) is 27.6 Å². The van der Waals surface area contributed by atoms with E-state index in [0.29, 0.717) is 0 Å². The number of furan rings is 1. The molecule has 1 aromatic heterocycles. The van der Waals surface area contributed by atoms with E-state index < -0.39 is 0 Å². The third-order valence-electron chi connectivity index (χ3n) is 11.7. The molecule has 10 aromatic carbocycles. The van der Waals surface area contributed by atoms with E-state index >= 15 is 0 Å². The van der Waals surface area contributed by atoms with Crippen molar-refractivity contribution in [2.45, 2.75) is 0 Å². The molecule has 0 spiro atoms. The van der Waals surface area contributed by atoms with Crippen LogP contribution in [0.2, 0.25) is 0 Å². The highest BCUT2D eigenvalue weighted by Crippen LogP contribution is 2.48. The smallest absolute Gasteiger partial charge is 0.136 e. The molecule has 282 valence electrons. The molecular weight excluding hydrogens is 727 g/mol.